The fourth-order valence-electron chi connectivity index (χ4n) is 1.75. The first-order valence-corrected chi connectivity index (χ1v) is 6.87. The first kappa shape index (κ1) is 13.9. The summed E-state index contributed by atoms with van der Waals surface area (Å²) in [5.41, 5.74) is 6.84. The van der Waals surface area contributed by atoms with Gasteiger partial charge >= 0.3 is 0 Å². The largest absolute Gasteiger partial charge is 0.497 e. The molecule has 0 saturated carbocycles. The molecule has 0 heterocycles. The van der Waals surface area contributed by atoms with E-state index in [2.05, 4.69) is 0 Å². The highest BCUT2D eigenvalue weighted by Crippen LogP contribution is 2.35. The number of nitrogens with two attached hydrogens (primary N) is 1. The second-order valence-corrected chi connectivity index (χ2v) is 5.35. The Morgan fingerprint density at radius 2 is 1.74 bits per heavy atom. The zero-order valence-electron chi connectivity index (χ0n) is 10.7. The van der Waals surface area contributed by atoms with Crippen LogP contribution in [0.2, 0.25) is 0 Å². The Kier molecular flexibility index (Phi) is 4.82. The number of thioether (sulfide) groups is 1. The Morgan fingerprint density at radius 1 is 1.11 bits per heavy atom. The first-order valence-electron chi connectivity index (χ1n) is 5.99. The zero-order valence-corrected chi connectivity index (χ0v) is 11.5. The van der Waals surface area contributed by atoms with Crippen molar-refractivity contribution < 1.29 is 9.13 Å². The molecule has 2 nitrogen and oxygen atoms in total. The summed E-state index contributed by atoms with van der Waals surface area (Å²) in [6, 6.07) is 14.3. The van der Waals surface area contributed by atoms with Crippen molar-refractivity contribution in [3.63, 3.8) is 0 Å². The number of hydrogen-bond donors (Lipinski definition) is 1. The minimum Gasteiger partial charge on any atom is -0.497 e. The highest BCUT2D eigenvalue weighted by molar-refractivity contribution is 7.99. The van der Waals surface area contributed by atoms with Gasteiger partial charge in [-0.3, -0.25) is 0 Å². The number of benzene rings is 2. The summed E-state index contributed by atoms with van der Waals surface area (Å²) in [5, 5.41) is 0.119. The maximum atomic E-state index is 12.9. The van der Waals surface area contributed by atoms with Crippen molar-refractivity contribution >= 4 is 11.8 Å². The lowest BCUT2D eigenvalue weighted by atomic mass is 10.1. The van der Waals surface area contributed by atoms with Crippen molar-refractivity contribution in [1.82, 2.24) is 0 Å². The summed E-state index contributed by atoms with van der Waals surface area (Å²) in [7, 11) is 1.64. The lowest BCUT2D eigenvalue weighted by Crippen LogP contribution is -2.09. The molecule has 0 aliphatic carbocycles. The quantitative estimate of drug-likeness (QED) is 0.848. The van der Waals surface area contributed by atoms with Crippen molar-refractivity contribution in [2.45, 2.75) is 10.1 Å². The van der Waals surface area contributed by atoms with Crippen LogP contribution in [0, 0.1) is 5.82 Å². The van der Waals surface area contributed by atoms with Crippen molar-refractivity contribution in [3.05, 3.63) is 59.9 Å². The molecule has 0 spiro atoms. The number of hydrogen-bond acceptors (Lipinski definition) is 3. The van der Waals surface area contributed by atoms with Crippen LogP contribution in [0.15, 0.2) is 53.4 Å². The first-order chi connectivity index (χ1) is 9.22. The van der Waals surface area contributed by atoms with E-state index in [0.29, 0.717) is 6.54 Å². The van der Waals surface area contributed by atoms with Gasteiger partial charge in [0.15, 0.2) is 0 Å². The molecule has 0 bridgehead atoms. The second-order valence-electron chi connectivity index (χ2n) is 4.07. The number of methoxy groups -OCH3 is 1. The van der Waals surface area contributed by atoms with E-state index in [1.54, 1.807) is 31.0 Å². The van der Waals surface area contributed by atoms with Crippen LogP contribution in [0.4, 0.5) is 4.39 Å². The van der Waals surface area contributed by atoms with E-state index in [9.17, 15) is 4.39 Å². The van der Waals surface area contributed by atoms with Crippen molar-refractivity contribution in [3.8, 4) is 5.75 Å². The van der Waals surface area contributed by atoms with Gasteiger partial charge in [-0.1, -0.05) is 12.1 Å². The van der Waals surface area contributed by atoms with E-state index < -0.39 is 0 Å². The molecule has 4 heteroatoms. The second kappa shape index (κ2) is 6.59. The average molecular weight is 277 g/mol. The summed E-state index contributed by atoms with van der Waals surface area (Å²) in [4.78, 5) is 1.11. The SMILES string of the molecule is COc1ccc(SC(CN)c2ccc(F)cc2)cc1. The highest BCUT2D eigenvalue weighted by Gasteiger charge is 2.11. The van der Waals surface area contributed by atoms with Gasteiger partial charge in [0.25, 0.3) is 0 Å². The van der Waals surface area contributed by atoms with E-state index in [1.165, 1.54) is 12.1 Å². The Hall–Kier alpha value is -1.52. The van der Waals surface area contributed by atoms with Crippen LogP contribution >= 0.6 is 11.8 Å². The van der Waals surface area contributed by atoms with Crippen molar-refractivity contribution in [2.24, 2.45) is 5.73 Å². The smallest absolute Gasteiger partial charge is 0.123 e. The van der Waals surface area contributed by atoms with Crippen molar-refractivity contribution in [1.29, 1.82) is 0 Å². The highest BCUT2D eigenvalue weighted by atomic mass is 32.2. The lowest BCUT2D eigenvalue weighted by Gasteiger charge is -2.15. The van der Waals surface area contributed by atoms with Crippen LogP contribution in [0.5, 0.6) is 5.75 Å². The molecule has 2 rings (SSSR count). The molecule has 2 aromatic carbocycles. The number of ether oxygens (including phenoxy) is 1. The van der Waals surface area contributed by atoms with Gasteiger partial charge in [-0.05, 0) is 42.0 Å². The molecule has 1 atom stereocenters. The topological polar surface area (TPSA) is 35.2 Å². The Bertz CT molecular complexity index is 513. The summed E-state index contributed by atoms with van der Waals surface area (Å²) in [6.07, 6.45) is 0. The van der Waals surface area contributed by atoms with Gasteiger partial charge in [-0.25, -0.2) is 4.39 Å². The Balaban J connectivity index is 2.11. The third kappa shape index (κ3) is 3.72. The van der Waals surface area contributed by atoms with Crippen LogP contribution in [0.1, 0.15) is 10.8 Å². The molecular formula is C15H16FNOS. The minimum atomic E-state index is -0.228. The van der Waals surface area contributed by atoms with Crippen LogP contribution in [-0.4, -0.2) is 13.7 Å². The maximum absolute atomic E-state index is 12.9. The third-order valence-corrected chi connectivity index (χ3v) is 4.09. The van der Waals surface area contributed by atoms with E-state index in [4.69, 9.17) is 10.5 Å². The summed E-state index contributed by atoms with van der Waals surface area (Å²) in [6.45, 7) is 0.502. The van der Waals surface area contributed by atoms with Crippen LogP contribution < -0.4 is 10.5 Å². The predicted octanol–water partition coefficient (Wildman–Crippen LogP) is 3.63. The number of rotatable bonds is 5. The van der Waals surface area contributed by atoms with Gasteiger partial charge < -0.3 is 10.5 Å². The molecule has 0 aliphatic rings. The molecule has 0 aromatic heterocycles. The standard InChI is InChI=1S/C15H16FNOS/c1-18-13-6-8-14(9-7-13)19-15(10-17)11-2-4-12(16)5-3-11/h2-9,15H,10,17H2,1H3. The third-order valence-electron chi connectivity index (χ3n) is 2.79. The summed E-state index contributed by atoms with van der Waals surface area (Å²) in [5.74, 6) is 0.601. The molecule has 2 N–H and O–H groups in total. The number of halogens is 1. The molecule has 0 amide bonds. The average Bonchev–Trinajstić information content (AvgIpc) is 2.46. The van der Waals surface area contributed by atoms with Gasteiger partial charge in [-0.2, -0.15) is 0 Å². The van der Waals surface area contributed by atoms with Gasteiger partial charge in [0.1, 0.15) is 11.6 Å². The Morgan fingerprint density at radius 3 is 2.26 bits per heavy atom. The molecule has 0 radical (unpaired) electrons. The normalized spacial score (nSPS) is 12.2. The molecule has 0 fully saturated rings. The van der Waals surface area contributed by atoms with Crippen LogP contribution in [0.25, 0.3) is 0 Å². The summed E-state index contributed by atoms with van der Waals surface area (Å²) < 4.78 is 18.0. The van der Waals surface area contributed by atoms with Gasteiger partial charge in [-0.15, -0.1) is 11.8 Å². The van der Waals surface area contributed by atoms with Gasteiger partial charge in [0.05, 0.1) is 7.11 Å². The monoisotopic (exact) mass is 277 g/mol. The molecule has 2 aromatic rings. The molecule has 0 aliphatic heterocycles. The molecular weight excluding hydrogens is 261 g/mol. The molecule has 100 valence electrons. The van der Waals surface area contributed by atoms with E-state index in [1.807, 2.05) is 24.3 Å². The van der Waals surface area contributed by atoms with Crippen LogP contribution in [-0.2, 0) is 0 Å². The van der Waals surface area contributed by atoms with Gasteiger partial charge in [0, 0.05) is 16.7 Å². The zero-order chi connectivity index (χ0) is 13.7. The predicted molar refractivity (Wildman–Crippen MR) is 77.0 cm³/mol. The van der Waals surface area contributed by atoms with Crippen LogP contribution in [0.3, 0.4) is 0 Å². The molecule has 1 unspecified atom stereocenters. The fourth-order valence-corrected chi connectivity index (χ4v) is 2.76. The minimum absolute atomic E-state index is 0.119. The molecule has 19 heavy (non-hydrogen) atoms. The molecule has 0 saturated heterocycles. The Labute approximate surface area is 116 Å². The van der Waals surface area contributed by atoms with Gasteiger partial charge in [0.2, 0.25) is 0 Å². The van der Waals surface area contributed by atoms with E-state index in [0.717, 1.165) is 16.2 Å². The van der Waals surface area contributed by atoms with E-state index >= 15 is 0 Å². The van der Waals surface area contributed by atoms with Crippen molar-refractivity contribution in [2.75, 3.05) is 13.7 Å². The maximum Gasteiger partial charge on any atom is 0.123 e. The van der Waals surface area contributed by atoms with E-state index in [-0.39, 0.29) is 11.1 Å². The summed E-state index contributed by atoms with van der Waals surface area (Å²) >= 11 is 1.66. The lowest BCUT2D eigenvalue weighted by molar-refractivity contribution is 0.414. The fraction of sp³-hybridized carbons (Fsp3) is 0.200.